The van der Waals surface area contributed by atoms with E-state index in [1.807, 2.05) is 166 Å². The Hall–Kier alpha value is -10.8. The van der Waals surface area contributed by atoms with Crippen molar-refractivity contribution in [3.63, 3.8) is 0 Å². The van der Waals surface area contributed by atoms with E-state index in [0.29, 0.717) is 69.1 Å². The molecule has 0 heterocycles. The van der Waals surface area contributed by atoms with E-state index in [2.05, 4.69) is 203 Å². The second-order valence-corrected chi connectivity index (χ2v) is 40.5. The molecule has 0 aliphatic rings. The molecular weight excluding hydrogens is 1920 g/mol. The molecule has 17 heteroatoms. The van der Waals surface area contributed by atoms with Gasteiger partial charge in [0.15, 0.2) is 11.6 Å². The topological polar surface area (TPSA) is 9.23 Å². The van der Waals surface area contributed by atoms with Crippen LogP contribution in [-0.4, -0.2) is 7.11 Å². The highest BCUT2D eigenvalue weighted by Crippen LogP contribution is 2.30. The van der Waals surface area contributed by atoms with E-state index in [1.165, 1.54) is 123 Å². The molecule has 0 aliphatic carbocycles. The summed E-state index contributed by atoms with van der Waals surface area (Å²) in [5.41, 5.74) is 15.3. The zero-order valence-electron chi connectivity index (χ0n) is 90.6. The van der Waals surface area contributed by atoms with Crippen LogP contribution in [0.5, 0.6) is 5.75 Å². The van der Waals surface area contributed by atoms with Crippen LogP contribution in [0, 0.1) is 76.7 Å². The Labute approximate surface area is 883 Å². The standard InChI is InChI=1S/C10H14O.C10H14.C9H10ClF.3C9H11Cl.4C9H10F2.3C9H11F.C9H12/c1-8(2)9-5-4-6-10(7-9)11-3;1-8(2)10-6-4-5-9(3)7-10;1-6(2)9-7(10)4-3-5-8(9)11;1-7(2)8-3-5-9(10)6-4-8;1-7(2)8-4-3-5-9(10)6-8;1-7(2)8-5-3-4-6-9(8)10;1-6(2)7-3-8(10)5-9(11)4-7;1-6(2)8-4-3-7(10)5-9(8)11;1-6(2)7-3-4-8(10)9(11)5-7;1-6(2)9-7(10)4-3-5-8(9)11;1-7(2)8-3-5-9(10)6-4-8;1-7(2)8-4-3-5-9(10)6-8;1-7(2)8-5-3-4-6-9(8)10;1-8(2)9-6-4-3-5-7-9/h4-8H,1-3H3;4-8H,1-3H3;3-6H,1-2H3;3*3-7H,1-2H3;4*3-6H,1-2H3;3*3-7H,1-2H3;3-8H,1-2H3. The Kier molecular flexibility index (Phi) is 65.4. The lowest BCUT2D eigenvalue weighted by atomic mass is 10.0. The van der Waals surface area contributed by atoms with Crippen molar-refractivity contribution in [3.05, 3.63) is 489 Å². The fourth-order valence-corrected chi connectivity index (χ4v) is 14.1. The van der Waals surface area contributed by atoms with Gasteiger partial charge in [-0.25, -0.2) is 52.7 Å². The van der Waals surface area contributed by atoms with Crippen molar-refractivity contribution >= 4 is 46.4 Å². The van der Waals surface area contributed by atoms with Crippen molar-refractivity contribution in [3.8, 4) is 5.75 Å². The van der Waals surface area contributed by atoms with Gasteiger partial charge in [0.05, 0.1) is 7.11 Å². The molecular formula is C128H156Cl4F12O. The minimum Gasteiger partial charge on any atom is -0.497 e. The van der Waals surface area contributed by atoms with Gasteiger partial charge in [-0.1, -0.05) is 422 Å². The van der Waals surface area contributed by atoms with Crippen molar-refractivity contribution in [2.45, 2.75) is 284 Å². The highest BCUT2D eigenvalue weighted by atomic mass is 35.5. The molecule has 14 aromatic carbocycles. The summed E-state index contributed by atoms with van der Waals surface area (Å²) in [5, 5.41) is 3.02. The van der Waals surface area contributed by atoms with Crippen molar-refractivity contribution in [2.75, 3.05) is 7.11 Å². The molecule has 1 nitrogen and oxygen atoms in total. The van der Waals surface area contributed by atoms with Gasteiger partial charge in [0.1, 0.15) is 63.9 Å². The first kappa shape index (κ1) is 132. The molecule has 0 bridgehead atoms. The number of hydrogen-bond donors (Lipinski definition) is 0. The lowest BCUT2D eigenvalue weighted by molar-refractivity contribution is 0.414. The maximum Gasteiger partial charge on any atom is 0.159 e. The van der Waals surface area contributed by atoms with Crippen LogP contribution in [0.15, 0.2) is 315 Å². The minimum absolute atomic E-state index is 0.0995. The molecule has 0 saturated heterocycles. The van der Waals surface area contributed by atoms with E-state index in [1.54, 1.807) is 57.4 Å². The number of methoxy groups -OCH3 is 1. The molecule has 0 radical (unpaired) electrons. The van der Waals surface area contributed by atoms with Crippen LogP contribution >= 0.6 is 46.4 Å². The van der Waals surface area contributed by atoms with E-state index in [9.17, 15) is 52.7 Å². The molecule has 0 N–H and O–H groups in total. The minimum atomic E-state index is -0.783. The van der Waals surface area contributed by atoms with Gasteiger partial charge in [-0.3, -0.25) is 0 Å². The van der Waals surface area contributed by atoms with Gasteiger partial charge in [-0.15, -0.1) is 0 Å². The SMILES string of the molecule is CC(C)c1c(F)cccc1Cl.CC(C)c1c(F)cccc1F.CC(C)c1cc(F)cc(F)c1.CC(C)c1ccc(Cl)cc1.CC(C)c1ccc(F)c(F)c1.CC(C)c1ccc(F)cc1.CC(C)c1ccc(F)cc1F.CC(C)c1cccc(Cl)c1.CC(C)c1cccc(F)c1.CC(C)c1ccccc1.CC(C)c1ccccc1Cl.CC(C)c1ccccc1F.COc1cccc(C(C)C)c1.Cc1cccc(C(C)C)c1. The molecule has 0 atom stereocenters. The molecule has 0 amide bonds. The molecule has 0 aliphatic heterocycles. The Morgan fingerprint density at radius 1 is 0.179 bits per heavy atom. The second kappa shape index (κ2) is 71.7. The largest absolute Gasteiger partial charge is 0.497 e. The average molecular weight is 2080 g/mol. The van der Waals surface area contributed by atoms with Crippen LogP contribution in [0.3, 0.4) is 0 Å². The molecule has 14 rings (SSSR count). The third-order valence-electron chi connectivity index (χ3n) is 22.0. The van der Waals surface area contributed by atoms with Gasteiger partial charge in [0.25, 0.3) is 0 Å². The van der Waals surface area contributed by atoms with Gasteiger partial charge in [-0.05, 0) is 284 Å². The average Bonchev–Trinajstić information content (AvgIpc) is 0.852. The molecule has 0 unspecified atom stereocenters. The third-order valence-corrected chi connectivity index (χ3v) is 23.2. The second-order valence-electron chi connectivity index (χ2n) is 38.8. The fraction of sp³-hybridized carbons (Fsp3) is 0.344. The van der Waals surface area contributed by atoms with Gasteiger partial charge in [0.2, 0.25) is 0 Å². The van der Waals surface area contributed by atoms with E-state index in [4.69, 9.17) is 51.1 Å². The van der Waals surface area contributed by atoms with Crippen molar-refractivity contribution in [2.24, 2.45) is 0 Å². The van der Waals surface area contributed by atoms with Crippen LogP contribution in [0.4, 0.5) is 52.7 Å². The predicted octanol–water partition coefficient (Wildman–Crippen LogP) is 43.9. The number of aryl methyl sites for hydroxylation is 1. The maximum atomic E-state index is 13.0. The van der Waals surface area contributed by atoms with Gasteiger partial charge in [-0.2, -0.15) is 0 Å². The van der Waals surface area contributed by atoms with Gasteiger partial charge < -0.3 is 4.74 Å². The molecule has 14 aromatic rings. The summed E-state index contributed by atoms with van der Waals surface area (Å²) < 4.78 is 157. The quantitative estimate of drug-likeness (QED) is 0.0930. The number of hydrogen-bond acceptors (Lipinski definition) is 1. The zero-order chi connectivity index (χ0) is 110. The molecule has 0 fully saturated rings. The lowest BCUT2D eigenvalue weighted by Gasteiger charge is -2.07. The Morgan fingerprint density at radius 2 is 0.510 bits per heavy atom. The summed E-state index contributed by atoms with van der Waals surface area (Å²) in [6.07, 6.45) is 0. The Bertz CT molecular complexity index is 5560. The van der Waals surface area contributed by atoms with Crippen LogP contribution in [-0.2, 0) is 0 Å². The first-order valence-electron chi connectivity index (χ1n) is 49.5. The molecule has 145 heavy (non-hydrogen) atoms. The van der Waals surface area contributed by atoms with Crippen LogP contribution < -0.4 is 4.74 Å². The summed E-state index contributed by atoms with van der Waals surface area (Å²) in [6, 6.07) is 91.4. The number of benzene rings is 14. The normalized spacial score (nSPS) is 10.5. The molecule has 0 spiro atoms. The number of rotatable bonds is 15. The van der Waals surface area contributed by atoms with Crippen LogP contribution in [0.1, 0.15) is 360 Å². The number of halogens is 16. The maximum absolute atomic E-state index is 13.0. The Morgan fingerprint density at radius 3 is 0.869 bits per heavy atom. The summed E-state index contributed by atoms with van der Waals surface area (Å²) in [7, 11) is 1.69. The highest BCUT2D eigenvalue weighted by Gasteiger charge is 2.15. The zero-order valence-corrected chi connectivity index (χ0v) is 93.6. The summed E-state index contributed by atoms with van der Waals surface area (Å²) in [6.45, 7) is 59.3. The van der Waals surface area contributed by atoms with Gasteiger partial charge >= 0.3 is 0 Å². The fourth-order valence-electron chi connectivity index (χ4n) is 13.1. The molecule has 0 aromatic heterocycles. The van der Waals surface area contributed by atoms with Crippen molar-refractivity contribution < 1.29 is 57.4 Å². The predicted molar refractivity (Wildman–Crippen MR) is 598 cm³/mol. The van der Waals surface area contributed by atoms with Crippen molar-refractivity contribution in [1.82, 2.24) is 0 Å². The van der Waals surface area contributed by atoms with E-state index < -0.39 is 46.5 Å². The summed E-state index contributed by atoms with van der Waals surface area (Å²) in [4.78, 5) is 0. The third kappa shape index (κ3) is 55.5. The van der Waals surface area contributed by atoms with Crippen LogP contribution in [0.25, 0.3) is 0 Å². The highest BCUT2D eigenvalue weighted by molar-refractivity contribution is 6.32. The Balaban J connectivity index is 0.000000781. The lowest BCUT2D eigenvalue weighted by Crippen LogP contribution is -1.96. The van der Waals surface area contributed by atoms with E-state index in [-0.39, 0.29) is 64.3 Å². The molecule has 0 saturated carbocycles. The van der Waals surface area contributed by atoms with Gasteiger partial charge in [0, 0.05) is 43.4 Å². The number of ether oxygens (including phenoxy) is 1. The first-order chi connectivity index (χ1) is 68.0. The monoisotopic (exact) mass is 2080 g/mol. The first-order valence-corrected chi connectivity index (χ1v) is 51.0. The van der Waals surface area contributed by atoms with E-state index in [0.717, 1.165) is 55.7 Å². The van der Waals surface area contributed by atoms with Crippen LogP contribution in [0.2, 0.25) is 20.1 Å². The van der Waals surface area contributed by atoms with E-state index >= 15 is 0 Å². The molecule has 786 valence electrons. The smallest absolute Gasteiger partial charge is 0.159 e. The summed E-state index contributed by atoms with van der Waals surface area (Å²) >= 11 is 23.2. The van der Waals surface area contributed by atoms with Crippen molar-refractivity contribution in [1.29, 1.82) is 0 Å². The summed E-state index contributed by atoms with van der Waals surface area (Å²) in [5.74, 6) is 1.16.